The van der Waals surface area contributed by atoms with Crippen LogP contribution in [0.15, 0.2) is 101 Å². The van der Waals surface area contributed by atoms with Crippen molar-refractivity contribution >= 4 is 79.5 Å². The van der Waals surface area contributed by atoms with E-state index in [0.717, 1.165) is 32.4 Å². The quantitative estimate of drug-likeness (QED) is 0.120. The van der Waals surface area contributed by atoms with E-state index in [4.69, 9.17) is 37.4 Å². The molecule has 0 aliphatic carbocycles. The smallest absolute Gasteiger partial charge is 0.335 e. The van der Waals surface area contributed by atoms with Gasteiger partial charge in [-0.05, 0) is 99.4 Å². The summed E-state index contributed by atoms with van der Waals surface area (Å²) in [6.45, 7) is 2.51. The van der Waals surface area contributed by atoms with Crippen molar-refractivity contribution in [3.8, 4) is 17.2 Å². The summed E-state index contributed by atoms with van der Waals surface area (Å²) in [6, 6.07) is 26.2. The number of rotatable bonds is 9. The fraction of sp³-hybridized carbons (Fsp3) is 0.108. The molecule has 1 N–H and O–H groups in total. The Morgan fingerprint density at radius 3 is 2.40 bits per heavy atom. The van der Waals surface area contributed by atoms with Crippen molar-refractivity contribution in [2.75, 3.05) is 12.0 Å². The van der Waals surface area contributed by atoms with Crippen LogP contribution in [0.25, 0.3) is 16.8 Å². The Bertz CT molecular complexity index is 2120. The lowest BCUT2D eigenvalue weighted by molar-refractivity contribution is -0.122. The van der Waals surface area contributed by atoms with Crippen LogP contribution in [0.2, 0.25) is 10.0 Å². The maximum atomic E-state index is 13.6. The predicted molar refractivity (Wildman–Crippen MR) is 190 cm³/mol. The van der Waals surface area contributed by atoms with Crippen molar-refractivity contribution in [3.05, 3.63) is 133 Å². The van der Waals surface area contributed by atoms with Crippen LogP contribution >= 0.6 is 39.1 Å². The number of carbonyl (C=O) groups excluding carboxylic acids is 3. The van der Waals surface area contributed by atoms with E-state index < -0.39 is 17.8 Å². The largest absolute Gasteiger partial charge is 0.493 e. The van der Waals surface area contributed by atoms with Crippen molar-refractivity contribution in [1.29, 1.82) is 0 Å². The Labute approximate surface area is 294 Å². The van der Waals surface area contributed by atoms with Gasteiger partial charge < -0.3 is 14.2 Å². The van der Waals surface area contributed by atoms with Gasteiger partial charge in [0.1, 0.15) is 24.5 Å². The molecule has 1 fully saturated rings. The molecule has 6 rings (SSSR count). The maximum absolute atomic E-state index is 13.6. The molecule has 0 unspecified atom stereocenters. The Balaban J connectivity index is 1.21. The number of barbiturate groups is 1. The van der Waals surface area contributed by atoms with E-state index in [0.29, 0.717) is 43.9 Å². The van der Waals surface area contributed by atoms with Gasteiger partial charge in [-0.1, -0.05) is 65.7 Å². The SMILES string of the molecule is COc1cc(/C=C2\C(=O)NC(=O)N(c3ccc(OCc4ccc(Cl)cc4Cl)cc3)C2=O)cc(Br)c1OCc1c(C)ccc2ccccc12. The molecule has 0 radical (unpaired) electrons. The highest BCUT2D eigenvalue weighted by molar-refractivity contribution is 9.10. The molecule has 0 saturated carbocycles. The fourth-order valence-corrected chi connectivity index (χ4v) is 6.33. The number of halogens is 3. The maximum Gasteiger partial charge on any atom is 0.335 e. The van der Waals surface area contributed by atoms with E-state index in [1.54, 1.807) is 54.6 Å². The van der Waals surface area contributed by atoms with E-state index in [2.05, 4.69) is 45.5 Å². The van der Waals surface area contributed by atoms with Gasteiger partial charge in [0.25, 0.3) is 11.8 Å². The summed E-state index contributed by atoms with van der Waals surface area (Å²) in [4.78, 5) is 40.1. The standard InChI is InChI=1S/C37H27BrCl2N2O6/c1-21-7-8-23-5-3-4-6-28(23)30(21)20-48-34-31(38)16-22(17-33(34)46-2)15-29-35(43)41-37(45)42(36(29)44)26-11-13-27(14-12-26)47-19-24-9-10-25(39)18-32(24)40/h3-18H,19-20H2,1-2H3,(H,41,43,45)/b29-15+. The zero-order valence-corrected chi connectivity index (χ0v) is 28.8. The van der Waals surface area contributed by atoms with E-state index >= 15 is 0 Å². The lowest BCUT2D eigenvalue weighted by atomic mass is 10.0. The average Bonchev–Trinajstić information content (AvgIpc) is 3.06. The molecule has 4 amide bonds. The molecule has 0 bridgehead atoms. The molecule has 48 heavy (non-hydrogen) atoms. The summed E-state index contributed by atoms with van der Waals surface area (Å²) in [6.07, 6.45) is 1.40. The molecule has 0 atom stereocenters. The third-order valence-corrected chi connectivity index (χ3v) is 8.98. The number of benzene rings is 5. The fourth-order valence-electron chi connectivity index (χ4n) is 5.29. The first-order valence-electron chi connectivity index (χ1n) is 14.7. The van der Waals surface area contributed by atoms with Gasteiger partial charge in [-0.15, -0.1) is 0 Å². The molecular formula is C37H27BrCl2N2O6. The summed E-state index contributed by atoms with van der Waals surface area (Å²) in [5.41, 5.74) is 3.38. The normalized spacial score (nSPS) is 14.0. The second-order valence-corrected chi connectivity index (χ2v) is 12.6. The highest BCUT2D eigenvalue weighted by atomic mass is 79.9. The van der Waals surface area contributed by atoms with Crippen LogP contribution < -0.4 is 24.4 Å². The number of hydrogen-bond acceptors (Lipinski definition) is 6. The summed E-state index contributed by atoms with van der Waals surface area (Å²) in [7, 11) is 1.50. The summed E-state index contributed by atoms with van der Waals surface area (Å²) >= 11 is 15.8. The zero-order chi connectivity index (χ0) is 33.9. The molecule has 0 aromatic heterocycles. The second-order valence-electron chi connectivity index (χ2n) is 10.9. The van der Waals surface area contributed by atoms with Crippen LogP contribution in [0.4, 0.5) is 10.5 Å². The predicted octanol–water partition coefficient (Wildman–Crippen LogP) is 9.05. The monoisotopic (exact) mass is 744 g/mol. The van der Waals surface area contributed by atoms with Crippen LogP contribution in [0.1, 0.15) is 22.3 Å². The highest BCUT2D eigenvalue weighted by Crippen LogP contribution is 2.39. The number of nitrogens with one attached hydrogen (secondary N) is 1. The van der Waals surface area contributed by atoms with Crippen molar-refractivity contribution < 1.29 is 28.6 Å². The van der Waals surface area contributed by atoms with Gasteiger partial charge in [0.15, 0.2) is 11.5 Å². The van der Waals surface area contributed by atoms with E-state index in [1.165, 1.54) is 13.2 Å². The second kappa shape index (κ2) is 14.1. The first-order valence-corrected chi connectivity index (χ1v) is 16.2. The molecule has 1 heterocycles. The molecular weight excluding hydrogens is 719 g/mol. The molecule has 5 aromatic rings. The number of amides is 4. The van der Waals surface area contributed by atoms with Crippen molar-refractivity contribution in [1.82, 2.24) is 5.32 Å². The van der Waals surface area contributed by atoms with E-state index in [9.17, 15) is 14.4 Å². The number of imide groups is 2. The molecule has 242 valence electrons. The molecule has 8 nitrogen and oxygen atoms in total. The minimum absolute atomic E-state index is 0.186. The van der Waals surface area contributed by atoms with Crippen LogP contribution in [-0.4, -0.2) is 25.0 Å². The molecule has 0 spiro atoms. The van der Waals surface area contributed by atoms with Crippen LogP contribution in [0, 0.1) is 6.92 Å². The van der Waals surface area contributed by atoms with Gasteiger partial charge in [0, 0.05) is 21.2 Å². The average molecular weight is 746 g/mol. The number of methoxy groups -OCH3 is 1. The van der Waals surface area contributed by atoms with Crippen molar-refractivity contribution in [2.45, 2.75) is 20.1 Å². The van der Waals surface area contributed by atoms with Crippen LogP contribution in [0.3, 0.4) is 0 Å². The van der Waals surface area contributed by atoms with E-state index in [1.807, 2.05) is 19.1 Å². The lowest BCUT2D eigenvalue weighted by Crippen LogP contribution is -2.54. The molecule has 1 aliphatic rings. The number of ether oxygens (including phenoxy) is 3. The topological polar surface area (TPSA) is 94.2 Å². The number of carbonyl (C=O) groups is 3. The lowest BCUT2D eigenvalue weighted by Gasteiger charge is -2.26. The molecule has 1 aliphatic heterocycles. The van der Waals surface area contributed by atoms with Gasteiger partial charge in [0.05, 0.1) is 17.3 Å². The number of hydrogen-bond donors (Lipinski definition) is 1. The zero-order valence-electron chi connectivity index (χ0n) is 25.7. The third-order valence-electron chi connectivity index (χ3n) is 7.80. The first kappa shape index (κ1) is 33.1. The van der Waals surface area contributed by atoms with E-state index in [-0.39, 0.29) is 17.9 Å². The van der Waals surface area contributed by atoms with Crippen molar-refractivity contribution in [2.24, 2.45) is 0 Å². The van der Waals surface area contributed by atoms with Crippen LogP contribution in [0.5, 0.6) is 17.2 Å². The Hall–Kier alpha value is -4.83. The third kappa shape index (κ3) is 6.89. The van der Waals surface area contributed by atoms with Gasteiger partial charge in [-0.3, -0.25) is 14.9 Å². The molecule has 11 heteroatoms. The van der Waals surface area contributed by atoms with Gasteiger partial charge in [0.2, 0.25) is 0 Å². The van der Waals surface area contributed by atoms with Crippen molar-refractivity contribution in [3.63, 3.8) is 0 Å². The van der Waals surface area contributed by atoms with Crippen LogP contribution in [-0.2, 0) is 22.8 Å². The van der Waals surface area contributed by atoms with Gasteiger partial charge in [-0.25, -0.2) is 9.69 Å². The first-order chi connectivity index (χ1) is 23.1. The highest BCUT2D eigenvalue weighted by Gasteiger charge is 2.37. The van der Waals surface area contributed by atoms with Gasteiger partial charge >= 0.3 is 6.03 Å². The number of fused-ring (bicyclic) bond motifs is 1. The molecule has 5 aromatic carbocycles. The minimum atomic E-state index is -0.866. The number of urea groups is 1. The number of aryl methyl sites for hydroxylation is 1. The Morgan fingerprint density at radius 1 is 0.875 bits per heavy atom. The summed E-state index contributed by atoms with van der Waals surface area (Å²) in [5.74, 6) is -0.267. The number of anilines is 1. The van der Waals surface area contributed by atoms with Gasteiger partial charge in [-0.2, -0.15) is 0 Å². The minimum Gasteiger partial charge on any atom is -0.493 e. The Morgan fingerprint density at radius 2 is 1.65 bits per heavy atom. The molecule has 1 saturated heterocycles. The summed E-state index contributed by atoms with van der Waals surface area (Å²) < 4.78 is 18.3. The number of nitrogens with zero attached hydrogens (tertiary/aromatic N) is 1. The summed E-state index contributed by atoms with van der Waals surface area (Å²) in [5, 5.41) is 5.45. The Kier molecular flexibility index (Phi) is 9.73.